The van der Waals surface area contributed by atoms with Crippen molar-refractivity contribution in [2.45, 2.75) is 33.1 Å². The van der Waals surface area contributed by atoms with Gasteiger partial charge in [0.2, 0.25) is 0 Å². The van der Waals surface area contributed by atoms with E-state index >= 15 is 0 Å². The summed E-state index contributed by atoms with van der Waals surface area (Å²) >= 11 is 0. The molecule has 18 nitrogen and oxygen atoms in total. The fourth-order valence-corrected chi connectivity index (χ4v) is 9.50. The van der Waals surface area contributed by atoms with Crippen LogP contribution in [-0.2, 0) is 64.3 Å². The fourth-order valence-electron chi connectivity index (χ4n) is 9.50. The zero-order valence-corrected chi connectivity index (χ0v) is 47.1. The number of fused-ring (bicyclic) bond motifs is 4. The summed E-state index contributed by atoms with van der Waals surface area (Å²) in [5.41, 5.74) is 11.6. The second-order valence-electron chi connectivity index (χ2n) is 18.8. The van der Waals surface area contributed by atoms with Crippen molar-refractivity contribution in [3.05, 3.63) is 206 Å². The number of ether oxygens (including phenoxy) is 5. The number of phenols is 1. The molecule has 0 fully saturated rings. The first kappa shape index (κ1) is 57.8. The number of benzene rings is 8. The Morgan fingerprint density at radius 2 is 0.667 bits per heavy atom. The zero-order chi connectivity index (χ0) is 59.1. The van der Waals surface area contributed by atoms with Crippen LogP contribution < -0.4 is 4.74 Å². The highest BCUT2D eigenvalue weighted by Gasteiger charge is 2.20. The first-order chi connectivity index (χ1) is 40.9. The molecule has 424 valence electrons. The van der Waals surface area contributed by atoms with Gasteiger partial charge in [0.15, 0.2) is 0 Å². The number of aromatic hydroxyl groups is 1. The summed E-state index contributed by atoms with van der Waals surface area (Å²) in [4.78, 5) is 46.1. The summed E-state index contributed by atoms with van der Waals surface area (Å²) < 4.78 is 30.9. The molecule has 0 aliphatic heterocycles. The molecule has 0 saturated heterocycles. The molecule has 8 aromatic carbocycles. The van der Waals surface area contributed by atoms with Crippen LogP contribution in [0.1, 0.15) is 5.56 Å². The standard InChI is InChI=1S/C17H16N2O3.C17H16N2O2.C16H14N2O3.C16H14N2O2/c1-21-15-10-6-4-8-13(15)17-12-7-3-5-9-14(12)19(18-17)11-16(20)22-2;1-12-7-3-4-8-13(12)17-14-9-5-6-10-15(14)19(18-17)11-16(20)21-2;1-21-15(20)10-18-13-8-4-2-6-11(13)16(17-18)12-7-3-5-9-14(12)19;1-20-15(19)11-18-14-10-6-5-9-13(14)16(17-18)12-7-3-2-4-8-12/h3-10H,11H2,1-2H3;3-10H,11H2,1-2H3;2-9,19H,10H2,1H3;2-10H,11H2,1H3. The lowest BCUT2D eigenvalue weighted by Gasteiger charge is -2.05. The molecule has 84 heavy (non-hydrogen) atoms. The Hall–Kier alpha value is -10.9. The Kier molecular flexibility index (Phi) is 18.6. The highest BCUT2D eigenvalue weighted by Crippen LogP contribution is 2.36. The van der Waals surface area contributed by atoms with E-state index in [-0.39, 0.29) is 55.8 Å². The predicted molar refractivity (Wildman–Crippen MR) is 322 cm³/mol. The number of aromatic nitrogens is 8. The Balaban J connectivity index is 0.000000134. The minimum absolute atomic E-state index is 0.0324. The Bertz CT molecular complexity index is 4140. The molecule has 0 aliphatic rings. The summed E-state index contributed by atoms with van der Waals surface area (Å²) in [7, 11) is 7.11. The number of methoxy groups -OCH3 is 5. The van der Waals surface area contributed by atoms with Gasteiger partial charge in [0.05, 0.1) is 57.6 Å². The summed E-state index contributed by atoms with van der Waals surface area (Å²) in [5, 5.41) is 32.2. The van der Waals surface area contributed by atoms with E-state index in [4.69, 9.17) is 23.7 Å². The minimum Gasteiger partial charge on any atom is -0.507 e. The van der Waals surface area contributed by atoms with Crippen molar-refractivity contribution in [2.75, 3.05) is 35.5 Å². The molecular weight excluding hydrogens is 1060 g/mol. The first-order valence-corrected chi connectivity index (χ1v) is 26.6. The lowest BCUT2D eigenvalue weighted by Crippen LogP contribution is -2.12. The number of rotatable bonds is 13. The molecule has 4 aromatic heterocycles. The quantitative estimate of drug-likeness (QED) is 0.0842. The molecule has 12 aromatic rings. The molecule has 0 radical (unpaired) electrons. The third-order valence-corrected chi connectivity index (χ3v) is 13.6. The largest absolute Gasteiger partial charge is 0.507 e. The van der Waals surface area contributed by atoms with Gasteiger partial charge < -0.3 is 28.8 Å². The molecule has 0 unspecified atom stereocenters. The van der Waals surface area contributed by atoms with Crippen molar-refractivity contribution < 1.29 is 48.0 Å². The maximum Gasteiger partial charge on any atom is 0.327 e. The molecule has 0 spiro atoms. The van der Waals surface area contributed by atoms with Gasteiger partial charge in [-0.15, -0.1) is 0 Å². The van der Waals surface area contributed by atoms with Crippen molar-refractivity contribution in [2.24, 2.45) is 0 Å². The van der Waals surface area contributed by atoms with E-state index in [9.17, 15) is 24.3 Å². The van der Waals surface area contributed by atoms with Crippen LogP contribution in [0, 0.1) is 6.92 Å². The van der Waals surface area contributed by atoms with Gasteiger partial charge in [-0.05, 0) is 61.0 Å². The van der Waals surface area contributed by atoms with E-state index in [0.717, 1.165) is 88.7 Å². The van der Waals surface area contributed by atoms with Gasteiger partial charge in [-0.1, -0.05) is 152 Å². The van der Waals surface area contributed by atoms with Gasteiger partial charge in [0.1, 0.15) is 60.5 Å². The SMILES string of the molecule is COC(=O)Cn1nc(-c2ccccc2)c2ccccc21.COC(=O)Cn1nc(-c2ccccc2C)c2ccccc21.COC(=O)Cn1nc(-c2ccccc2O)c2ccccc21.COC(=O)Cn1nc(-c2ccccc2OC)c2ccccc21. The summed E-state index contributed by atoms with van der Waals surface area (Å²) in [5.74, 6) is -0.411. The van der Waals surface area contributed by atoms with Crippen LogP contribution in [0.15, 0.2) is 200 Å². The monoisotopic (exact) mass is 1120 g/mol. The molecule has 18 heteroatoms. The van der Waals surface area contributed by atoms with E-state index in [0.29, 0.717) is 11.3 Å². The van der Waals surface area contributed by atoms with E-state index < -0.39 is 0 Å². The summed E-state index contributed by atoms with van der Waals surface area (Å²) in [6, 6.07) is 63.9. The van der Waals surface area contributed by atoms with Crippen LogP contribution in [-0.4, -0.2) is 104 Å². The zero-order valence-electron chi connectivity index (χ0n) is 47.1. The van der Waals surface area contributed by atoms with Crippen molar-refractivity contribution in [1.82, 2.24) is 39.1 Å². The molecule has 0 amide bonds. The minimum atomic E-state index is -0.368. The van der Waals surface area contributed by atoms with E-state index in [1.165, 1.54) is 28.4 Å². The number of para-hydroxylation sites is 6. The van der Waals surface area contributed by atoms with Crippen LogP contribution in [0.3, 0.4) is 0 Å². The van der Waals surface area contributed by atoms with Crippen molar-refractivity contribution in [3.63, 3.8) is 0 Å². The second kappa shape index (κ2) is 27.1. The van der Waals surface area contributed by atoms with Crippen molar-refractivity contribution in [1.29, 1.82) is 0 Å². The van der Waals surface area contributed by atoms with Crippen molar-refractivity contribution in [3.8, 4) is 56.5 Å². The average molecular weight is 1130 g/mol. The van der Waals surface area contributed by atoms with Gasteiger partial charge in [-0.3, -0.25) is 37.9 Å². The summed E-state index contributed by atoms with van der Waals surface area (Å²) in [6.45, 7) is 2.40. The molecule has 0 aliphatic carbocycles. The third-order valence-electron chi connectivity index (χ3n) is 13.6. The molecule has 0 atom stereocenters. The topological polar surface area (TPSA) is 206 Å². The second-order valence-corrected chi connectivity index (χ2v) is 18.8. The number of phenolic OH excluding ortho intramolecular Hbond substituents is 1. The average Bonchev–Trinajstić information content (AvgIpc) is 2.65. The van der Waals surface area contributed by atoms with Crippen LogP contribution in [0.25, 0.3) is 88.6 Å². The fraction of sp³-hybridized carbons (Fsp3) is 0.152. The lowest BCUT2D eigenvalue weighted by atomic mass is 10.0. The lowest BCUT2D eigenvalue weighted by molar-refractivity contribution is -0.142. The van der Waals surface area contributed by atoms with Gasteiger partial charge >= 0.3 is 23.9 Å². The summed E-state index contributed by atoms with van der Waals surface area (Å²) in [6.07, 6.45) is 0. The van der Waals surface area contributed by atoms with Gasteiger partial charge in [0.25, 0.3) is 0 Å². The number of nitrogens with zero attached hydrogens (tertiary/aromatic N) is 8. The highest BCUT2D eigenvalue weighted by atomic mass is 16.5. The third kappa shape index (κ3) is 13.0. The van der Waals surface area contributed by atoms with Gasteiger partial charge in [-0.25, -0.2) is 0 Å². The number of hydrogen-bond donors (Lipinski definition) is 1. The van der Waals surface area contributed by atoms with E-state index in [2.05, 4.69) is 33.4 Å². The molecular formula is C66H60N8O10. The number of carbonyl (C=O) groups excluding carboxylic acids is 4. The predicted octanol–water partition coefficient (Wildman–Crippen LogP) is 11.5. The maximum atomic E-state index is 11.6. The number of hydrogen-bond acceptors (Lipinski definition) is 14. The van der Waals surface area contributed by atoms with Crippen LogP contribution in [0.5, 0.6) is 11.5 Å². The number of aryl methyl sites for hydroxylation is 1. The Morgan fingerprint density at radius 1 is 0.357 bits per heavy atom. The smallest absolute Gasteiger partial charge is 0.327 e. The van der Waals surface area contributed by atoms with E-state index in [1.54, 1.807) is 44.0 Å². The van der Waals surface area contributed by atoms with Crippen LogP contribution in [0.2, 0.25) is 0 Å². The van der Waals surface area contributed by atoms with Crippen LogP contribution >= 0.6 is 0 Å². The Labute approximate surface area is 483 Å². The highest BCUT2D eigenvalue weighted by molar-refractivity contribution is 5.98. The molecule has 12 rings (SSSR count). The van der Waals surface area contributed by atoms with E-state index in [1.807, 2.05) is 176 Å². The maximum absolute atomic E-state index is 11.6. The van der Waals surface area contributed by atoms with Crippen molar-refractivity contribution >= 4 is 67.5 Å². The molecule has 0 bridgehead atoms. The van der Waals surface area contributed by atoms with Gasteiger partial charge in [0, 0.05) is 43.8 Å². The number of carbonyl (C=O) groups is 4. The first-order valence-electron chi connectivity index (χ1n) is 26.6. The normalized spacial score (nSPS) is 10.7. The molecule has 4 heterocycles. The Morgan fingerprint density at radius 3 is 1.07 bits per heavy atom. The van der Waals surface area contributed by atoms with Gasteiger partial charge in [-0.2, -0.15) is 20.4 Å². The molecule has 1 N–H and O–H groups in total. The van der Waals surface area contributed by atoms with Crippen LogP contribution in [0.4, 0.5) is 0 Å². The molecule has 0 saturated carbocycles. The number of esters is 4.